The largest absolute Gasteiger partial charge is 0.490 e. The van der Waals surface area contributed by atoms with Crippen LogP contribution in [0.1, 0.15) is 12.8 Å². The van der Waals surface area contributed by atoms with E-state index in [2.05, 4.69) is 37.9 Å². The Labute approximate surface area is 210 Å². The molecule has 1 saturated heterocycles. The lowest BCUT2D eigenvalue weighted by Crippen LogP contribution is -2.39. The molecule has 0 bridgehead atoms. The Hall–Kier alpha value is -3.00. The first-order valence-corrected chi connectivity index (χ1v) is 13.4. The summed E-state index contributed by atoms with van der Waals surface area (Å²) < 4.78 is 30.5. The Bertz CT molecular complexity index is 1280. The molecule has 10 nitrogen and oxygen atoms in total. The van der Waals surface area contributed by atoms with Crippen LogP contribution in [-0.4, -0.2) is 48.8 Å². The van der Waals surface area contributed by atoms with Crippen molar-refractivity contribution in [1.82, 2.24) is 9.97 Å². The van der Waals surface area contributed by atoms with Crippen molar-refractivity contribution in [2.45, 2.75) is 23.8 Å². The van der Waals surface area contributed by atoms with E-state index in [1.807, 2.05) is 29.2 Å². The number of ether oxygens (including phenoxy) is 1. The third-order valence-corrected chi connectivity index (χ3v) is 7.24. The lowest BCUT2D eigenvalue weighted by atomic mass is 10.1. The number of anilines is 3. The van der Waals surface area contributed by atoms with Crippen molar-refractivity contribution in [2.75, 3.05) is 29.6 Å². The summed E-state index contributed by atoms with van der Waals surface area (Å²) in [5, 5.41) is 14.9. The lowest BCUT2D eigenvalue weighted by Gasteiger charge is -2.32. The Morgan fingerprint density at radius 1 is 1.09 bits per heavy atom. The molecule has 2 heterocycles. The second kappa shape index (κ2) is 10.1. The molecule has 12 heteroatoms. The van der Waals surface area contributed by atoms with Gasteiger partial charge < -0.3 is 15.0 Å². The van der Waals surface area contributed by atoms with Crippen LogP contribution < -0.4 is 15.0 Å². The van der Waals surface area contributed by atoms with Gasteiger partial charge in [0, 0.05) is 41.4 Å². The van der Waals surface area contributed by atoms with Crippen molar-refractivity contribution in [1.29, 1.82) is 0 Å². The van der Waals surface area contributed by atoms with E-state index in [0.717, 1.165) is 15.6 Å². The van der Waals surface area contributed by atoms with Crippen molar-refractivity contribution in [3.8, 4) is 5.75 Å². The molecular weight excluding hydrogens is 573 g/mol. The van der Waals surface area contributed by atoms with Crippen LogP contribution >= 0.6 is 22.6 Å². The Morgan fingerprint density at radius 2 is 1.74 bits per heavy atom. The van der Waals surface area contributed by atoms with E-state index in [4.69, 9.17) is 4.74 Å². The molecule has 178 valence electrons. The third kappa shape index (κ3) is 5.73. The van der Waals surface area contributed by atoms with E-state index in [1.54, 1.807) is 0 Å². The summed E-state index contributed by atoms with van der Waals surface area (Å²) >= 11 is 2.24. The number of nitrogens with one attached hydrogen (secondary N) is 1. The molecule has 0 spiro atoms. The van der Waals surface area contributed by atoms with Gasteiger partial charge in [-0.3, -0.25) is 10.1 Å². The smallest absolute Gasteiger partial charge is 0.353 e. The Kier molecular flexibility index (Phi) is 7.16. The Morgan fingerprint density at radius 3 is 2.32 bits per heavy atom. The number of nitro groups is 1. The SMILES string of the molecule is CS(=O)(=O)c1ccc(Nc2ncnc(N3CCC(Oc4ccc(I)cc4)CC3)c2[N+](=O)[O-])cc1. The zero-order valence-electron chi connectivity index (χ0n) is 18.2. The van der Waals surface area contributed by atoms with E-state index in [1.165, 1.54) is 30.6 Å². The fraction of sp³-hybridized carbons (Fsp3) is 0.273. The molecule has 1 aliphatic rings. The summed E-state index contributed by atoms with van der Waals surface area (Å²) in [6, 6.07) is 13.8. The first-order valence-electron chi connectivity index (χ1n) is 10.4. The summed E-state index contributed by atoms with van der Waals surface area (Å²) in [7, 11) is -3.34. The number of halogens is 1. The zero-order valence-corrected chi connectivity index (χ0v) is 21.2. The minimum Gasteiger partial charge on any atom is -0.490 e. The van der Waals surface area contributed by atoms with Crippen molar-refractivity contribution in [2.24, 2.45) is 0 Å². The van der Waals surface area contributed by atoms with Gasteiger partial charge in [0.15, 0.2) is 9.84 Å². The van der Waals surface area contributed by atoms with E-state index >= 15 is 0 Å². The fourth-order valence-electron chi connectivity index (χ4n) is 3.67. The minimum atomic E-state index is -3.34. The van der Waals surface area contributed by atoms with Crippen LogP contribution in [0.3, 0.4) is 0 Å². The quantitative estimate of drug-likeness (QED) is 0.243. The molecule has 0 saturated carbocycles. The maximum absolute atomic E-state index is 11.9. The molecule has 0 unspecified atom stereocenters. The predicted octanol–water partition coefficient (Wildman–Crippen LogP) is 4.18. The molecular formula is C22H22IN5O5S. The van der Waals surface area contributed by atoms with Crippen LogP contribution in [0.5, 0.6) is 5.75 Å². The van der Waals surface area contributed by atoms with Crippen LogP contribution in [0.25, 0.3) is 0 Å². The zero-order chi connectivity index (χ0) is 24.3. The molecule has 1 aromatic heterocycles. The average Bonchev–Trinajstić information content (AvgIpc) is 2.80. The van der Waals surface area contributed by atoms with Crippen LogP contribution in [0.4, 0.5) is 23.0 Å². The number of hydrogen-bond donors (Lipinski definition) is 1. The van der Waals surface area contributed by atoms with Gasteiger partial charge in [0.05, 0.1) is 9.82 Å². The predicted molar refractivity (Wildman–Crippen MR) is 137 cm³/mol. The highest BCUT2D eigenvalue weighted by Gasteiger charge is 2.30. The monoisotopic (exact) mass is 595 g/mol. The van der Waals surface area contributed by atoms with E-state index in [9.17, 15) is 18.5 Å². The van der Waals surface area contributed by atoms with E-state index in [-0.39, 0.29) is 28.3 Å². The van der Waals surface area contributed by atoms with Gasteiger partial charge in [0.1, 0.15) is 18.2 Å². The average molecular weight is 595 g/mol. The molecule has 0 radical (unpaired) electrons. The normalized spacial score (nSPS) is 14.6. The molecule has 0 aliphatic carbocycles. The number of nitrogens with zero attached hydrogens (tertiary/aromatic N) is 4. The first kappa shape index (κ1) is 24.1. The standard InChI is InChI=1S/C22H22IN5O5S/c1-34(31,32)19-8-4-16(5-9-19)26-21-20(28(29)30)22(25-14-24-21)27-12-10-18(11-13-27)33-17-6-2-15(23)3-7-17/h2-9,14,18H,10-13H2,1H3,(H,24,25,26). The highest BCUT2D eigenvalue weighted by atomic mass is 127. The molecule has 0 atom stereocenters. The van der Waals surface area contributed by atoms with Gasteiger partial charge in [-0.1, -0.05) is 0 Å². The third-order valence-electron chi connectivity index (χ3n) is 5.39. The van der Waals surface area contributed by atoms with Crippen molar-refractivity contribution in [3.63, 3.8) is 0 Å². The highest BCUT2D eigenvalue weighted by Crippen LogP contribution is 2.35. The van der Waals surface area contributed by atoms with Gasteiger partial charge in [0.2, 0.25) is 11.6 Å². The summed E-state index contributed by atoms with van der Waals surface area (Å²) in [6.45, 7) is 1.10. The maximum Gasteiger partial charge on any atom is 0.353 e. The molecule has 1 fully saturated rings. The van der Waals surface area contributed by atoms with Crippen molar-refractivity contribution < 1.29 is 18.1 Å². The van der Waals surface area contributed by atoms with E-state index < -0.39 is 14.8 Å². The van der Waals surface area contributed by atoms with E-state index in [0.29, 0.717) is 31.6 Å². The van der Waals surface area contributed by atoms with Crippen molar-refractivity contribution in [3.05, 3.63) is 68.5 Å². The van der Waals surface area contributed by atoms with Gasteiger partial charge in [0.25, 0.3) is 0 Å². The van der Waals surface area contributed by atoms with Gasteiger partial charge in [-0.05, 0) is 71.1 Å². The minimum absolute atomic E-state index is 0.0168. The van der Waals surface area contributed by atoms with Crippen LogP contribution in [0.15, 0.2) is 59.8 Å². The summed E-state index contributed by atoms with van der Waals surface area (Å²) in [6.07, 6.45) is 3.81. The topological polar surface area (TPSA) is 128 Å². The second-order valence-corrected chi connectivity index (χ2v) is 11.1. The number of aromatic nitrogens is 2. The van der Waals surface area contributed by atoms with Crippen LogP contribution in [0.2, 0.25) is 0 Å². The van der Waals surface area contributed by atoms with Crippen LogP contribution in [0, 0.1) is 13.7 Å². The van der Waals surface area contributed by atoms with Gasteiger partial charge in [-0.15, -0.1) is 0 Å². The summed E-state index contributed by atoms with van der Waals surface area (Å²) in [4.78, 5) is 21.7. The molecule has 34 heavy (non-hydrogen) atoms. The van der Waals surface area contributed by atoms with Gasteiger partial charge in [-0.25, -0.2) is 18.4 Å². The maximum atomic E-state index is 11.9. The summed E-state index contributed by atoms with van der Waals surface area (Å²) in [5.41, 5.74) is 0.247. The number of benzene rings is 2. The number of hydrogen-bond acceptors (Lipinski definition) is 9. The molecule has 2 aromatic carbocycles. The van der Waals surface area contributed by atoms with Crippen LogP contribution in [-0.2, 0) is 9.84 Å². The molecule has 3 aromatic rings. The molecule has 4 rings (SSSR count). The number of rotatable bonds is 7. The Balaban J connectivity index is 1.49. The van der Waals surface area contributed by atoms with Gasteiger partial charge in [-0.2, -0.15) is 0 Å². The van der Waals surface area contributed by atoms with Crippen molar-refractivity contribution >= 4 is 55.4 Å². The lowest BCUT2D eigenvalue weighted by molar-refractivity contribution is -0.383. The second-order valence-electron chi connectivity index (χ2n) is 7.83. The fourth-order valence-corrected chi connectivity index (χ4v) is 4.66. The summed E-state index contributed by atoms with van der Waals surface area (Å²) in [5.74, 6) is 1.09. The number of sulfone groups is 1. The molecule has 1 N–H and O–H groups in total. The van der Waals surface area contributed by atoms with Gasteiger partial charge >= 0.3 is 5.69 Å². The first-order chi connectivity index (χ1) is 16.2. The molecule has 1 aliphatic heterocycles. The molecule has 0 amide bonds. The number of piperidine rings is 1. The highest BCUT2D eigenvalue weighted by molar-refractivity contribution is 14.1.